The number of nitrogens with zero attached hydrogens (tertiary/aromatic N) is 1. The first-order chi connectivity index (χ1) is 11.0. The molecule has 0 saturated heterocycles. The van der Waals surface area contributed by atoms with Crippen molar-refractivity contribution in [2.24, 2.45) is 0 Å². The smallest absolute Gasteiger partial charge is 0.258 e. The lowest BCUT2D eigenvalue weighted by atomic mass is 10.2. The molecule has 128 valence electrons. The predicted octanol–water partition coefficient (Wildman–Crippen LogP) is 4.24. The van der Waals surface area contributed by atoms with Gasteiger partial charge in [0.25, 0.3) is 5.69 Å². The molecule has 0 atom stereocenters. The van der Waals surface area contributed by atoms with Crippen molar-refractivity contribution in [1.29, 1.82) is 0 Å². The number of nitro groups is 1. The summed E-state index contributed by atoms with van der Waals surface area (Å²) in [6.07, 6.45) is -4.83. The fourth-order valence-corrected chi connectivity index (χ4v) is 3.85. The van der Waals surface area contributed by atoms with Crippen molar-refractivity contribution < 1.29 is 26.5 Å². The van der Waals surface area contributed by atoms with E-state index in [-0.39, 0.29) is 16.7 Å². The molecule has 5 nitrogen and oxygen atoms in total. The van der Waals surface area contributed by atoms with Crippen LogP contribution in [0.5, 0.6) is 0 Å². The molecular weight excluding hydrogens is 371 g/mol. The van der Waals surface area contributed by atoms with Crippen molar-refractivity contribution >= 4 is 27.1 Å². The highest BCUT2D eigenvalue weighted by Crippen LogP contribution is 2.35. The van der Waals surface area contributed by atoms with Gasteiger partial charge in [0, 0.05) is 11.1 Å². The Hall–Kier alpha value is -2.13. The molecule has 0 unspecified atom stereocenters. The van der Waals surface area contributed by atoms with Gasteiger partial charge in [-0.15, -0.1) is 0 Å². The number of halogens is 4. The first-order valence-corrected chi connectivity index (χ1v) is 8.37. The third-order valence-electron chi connectivity index (χ3n) is 3.12. The van der Waals surface area contributed by atoms with E-state index < -0.39 is 42.8 Å². The molecule has 2 aromatic rings. The zero-order chi connectivity index (χ0) is 18.1. The molecule has 0 bridgehead atoms. The van der Waals surface area contributed by atoms with Crippen molar-refractivity contribution in [2.45, 2.75) is 16.8 Å². The topological polar surface area (TPSA) is 77.3 Å². The summed E-state index contributed by atoms with van der Waals surface area (Å²) >= 11 is 5.85. The summed E-state index contributed by atoms with van der Waals surface area (Å²) in [6, 6.07) is 7.09. The molecule has 0 spiro atoms. The van der Waals surface area contributed by atoms with Crippen LogP contribution in [0, 0.1) is 10.1 Å². The van der Waals surface area contributed by atoms with Gasteiger partial charge in [0.15, 0.2) is 9.84 Å². The molecule has 0 aliphatic heterocycles. The van der Waals surface area contributed by atoms with Gasteiger partial charge >= 0.3 is 6.18 Å². The molecule has 0 aromatic heterocycles. The molecule has 0 heterocycles. The molecular formula is C14H9ClF3NO4S. The standard InChI is InChI=1S/C14H9ClF3NO4S/c15-11-4-2-1-3-9(11)8-24(22,23)13-7-10(14(16,17)18)5-6-12(13)19(20)21/h1-7H,8H2. The van der Waals surface area contributed by atoms with Crippen molar-refractivity contribution in [3.63, 3.8) is 0 Å². The van der Waals surface area contributed by atoms with E-state index in [9.17, 15) is 31.7 Å². The SMILES string of the molecule is O=[N+]([O-])c1ccc(C(F)(F)F)cc1S(=O)(=O)Cc1ccccc1Cl. The lowest BCUT2D eigenvalue weighted by Crippen LogP contribution is -2.12. The Labute approximate surface area is 139 Å². The first kappa shape index (κ1) is 18.2. The van der Waals surface area contributed by atoms with Crippen molar-refractivity contribution in [1.82, 2.24) is 0 Å². The molecule has 0 fully saturated rings. The maximum atomic E-state index is 12.8. The van der Waals surface area contributed by atoms with Crippen LogP contribution in [0.2, 0.25) is 5.02 Å². The van der Waals surface area contributed by atoms with Gasteiger partial charge in [-0.1, -0.05) is 29.8 Å². The van der Waals surface area contributed by atoms with Crippen LogP contribution >= 0.6 is 11.6 Å². The Morgan fingerprint density at radius 1 is 1.12 bits per heavy atom. The number of rotatable bonds is 4. The molecule has 24 heavy (non-hydrogen) atoms. The van der Waals surface area contributed by atoms with Gasteiger partial charge in [0.05, 0.1) is 16.2 Å². The fourth-order valence-electron chi connectivity index (χ4n) is 1.99. The van der Waals surface area contributed by atoms with Gasteiger partial charge in [0.2, 0.25) is 0 Å². The molecule has 2 aromatic carbocycles. The summed E-state index contributed by atoms with van der Waals surface area (Å²) < 4.78 is 63.2. The van der Waals surface area contributed by atoms with Crippen LogP contribution in [0.4, 0.5) is 18.9 Å². The zero-order valence-electron chi connectivity index (χ0n) is 11.7. The lowest BCUT2D eigenvalue weighted by molar-refractivity contribution is -0.387. The summed E-state index contributed by atoms with van der Waals surface area (Å²) in [7, 11) is -4.42. The van der Waals surface area contributed by atoms with Gasteiger partial charge < -0.3 is 0 Å². The quantitative estimate of drug-likeness (QED) is 0.588. The van der Waals surface area contributed by atoms with E-state index in [0.717, 1.165) is 0 Å². The van der Waals surface area contributed by atoms with Crippen LogP contribution in [-0.4, -0.2) is 13.3 Å². The molecule has 10 heteroatoms. The molecule has 0 radical (unpaired) electrons. The van der Waals surface area contributed by atoms with E-state index in [1.165, 1.54) is 18.2 Å². The molecule has 0 N–H and O–H groups in total. The van der Waals surface area contributed by atoms with E-state index in [0.29, 0.717) is 12.1 Å². The molecule has 0 amide bonds. The Morgan fingerprint density at radius 2 is 1.75 bits per heavy atom. The number of sulfone groups is 1. The maximum absolute atomic E-state index is 12.8. The molecule has 0 aliphatic carbocycles. The molecule has 0 aliphatic rings. The van der Waals surface area contributed by atoms with Crippen molar-refractivity contribution in [2.75, 3.05) is 0 Å². The van der Waals surface area contributed by atoms with E-state index in [4.69, 9.17) is 11.6 Å². The third kappa shape index (κ3) is 3.85. The highest BCUT2D eigenvalue weighted by atomic mass is 35.5. The highest BCUT2D eigenvalue weighted by molar-refractivity contribution is 7.90. The number of benzene rings is 2. The minimum absolute atomic E-state index is 0.0932. The monoisotopic (exact) mass is 379 g/mol. The molecule has 0 saturated carbocycles. The van der Waals surface area contributed by atoms with Crippen LogP contribution in [0.25, 0.3) is 0 Å². The van der Waals surface area contributed by atoms with Gasteiger partial charge in [-0.3, -0.25) is 10.1 Å². The largest absolute Gasteiger partial charge is 0.416 e. The van der Waals surface area contributed by atoms with E-state index >= 15 is 0 Å². The Kier molecular flexibility index (Phi) is 4.86. The van der Waals surface area contributed by atoms with E-state index in [2.05, 4.69) is 0 Å². The molecule has 2 rings (SSSR count). The van der Waals surface area contributed by atoms with Crippen LogP contribution < -0.4 is 0 Å². The summed E-state index contributed by atoms with van der Waals surface area (Å²) in [5, 5.41) is 11.1. The van der Waals surface area contributed by atoms with Gasteiger partial charge in [-0.05, 0) is 23.8 Å². The van der Waals surface area contributed by atoms with Crippen LogP contribution in [0.3, 0.4) is 0 Å². The third-order valence-corrected chi connectivity index (χ3v) is 5.18. The fraction of sp³-hybridized carbons (Fsp3) is 0.143. The number of alkyl halides is 3. The minimum atomic E-state index is -4.83. The zero-order valence-corrected chi connectivity index (χ0v) is 13.3. The predicted molar refractivity (Wildman–Crippen MR) is 80.4 cm³/mol. The van der Waals surface area contributed by atoms with Crippen molar-refractivity contribution in [3.8, 4) is 0 Å². The average molecular weight is 380 g/mol. The summed E-state index contributed by atoms with van der Waals surface area (Å²) in [5.74, 6) is -0.755. The highest BCUT2D eigenvalue weighted by Gasteiger charge is 2.35. The first-order valence-electron chi connectivity index (χ1n) is 6.34. The maximum Gasteiger partial charge on any atom is 0.416 e. The van der Waals surface area contributed by atoms with E-state index in [1.807, 2.05) is 0 Å². The normalized spacial score (nSPS) is 12.2. The summed E-state index contributed by atoms with van der Waals surface area (Å²) in [6.45, 7) is 0. The van der Waals surface area contributed by atoms with Gasteiger partial charge in [-0.2, -0.15) is 13.2 Å². The van der Waals surface area contributed by atoms with Gasteiger partial charge in [0.1, 0.15) is 4.90 Å². The second-order valence-electron chi connectivity index (χ2n) is 4.79. The summed E-state index contributed by atoms with van der Waals surface area (Å²) in [5.41, 5.74) is -2.08. The number of nitro benzene ring substituents is 1. The number of hydrogen-bond donors (Lipinski definition) is 0. The average Bonchev–Trinajstić information content (AvgIpc) is 2.48. The second kappa shape index (κ2) is 6.40. The summed E-state index contributed by atoms with van der Waals surface area (Å²) in [4.78, 5) is 8.94. The van der Waals surface area contributed by atoms with Crippen LogP contribution in [0.1, 0.15) is 11.1 Å². The lowest BCUT2D eigenvalue weighted by Gasteiger charge is -2.11. The minimum Gasteiger partial charge on any atom is -0.258 e. The van der Waals surface area contributed by atoms with Gasteiger partial charge in [-0.25, -0.2) is 8.42 Å². The number of hydrogen-bond acceptors (Lipinski definition) is 4. The van der Waals surface area contributed by atoms with Crippen LogP contribution in [0.15, 0.2) is 47.4 Å². The Bertz CT molecular complexity index is 897. The second-order valence-corrected chi connectivity index (χ2v) is 7.15. The van der Waals surface area contributed by atoms with Crippen LogP contribution in [-0.2, 0) is 21.8 Å². The van der Waals surface area contributed by atoms with E-state index in [1.54, 1.807) is 6.07 Å². The Morgan fingerprint density at radius 3 is 2.29 bits per heavy atom. The Balaban J connectivity index is 2.59. The van der Waals surface area contributed by atoms with Crippen molar-refractivity contribution in [3.05, 3.63) is 68.7 Å².